The molecule has 0 aromatic carbocycles. The van der Waals surface area contributed by atoms with Gasteiger partial charge >= 0.3 is 0 Å². The molecule has 0 amide bonds. The largest absolute Gasteiger partial charge is 0.377 e. The Balaban J connectivity index is 2.23. The van der Waals surface area contributed by atoms with E-state index in [1.165, 1.54) is 19.3 Å². The van der Waals surface area contributed by atoms with Crippen molar-refractivity contribution in [2.75, 3.05) is 19.7 Å². The third-order valence-corrected chi connectivity index (χ3v) is 3.96. The van der Waals surface area contributed by atoms with Crippen LogP contribution in [0.3, 0.4) is 0 Å². The van der Waals surface area contributed by atoms with E-state index >= 15 is 0 Å². The van der Waals surface area contributed by atoms with E-state index in [0.29, 0.717) is 6.10 Å². The number of ether oxygens (including phenoxy) is 1. The number of hydrogen-bond donors (Lipinski definition) is 2. The predicted octanol–water partition coefficient (Wildman–Crippen LogP) is 1.91. The van der Waals surface area contributed by atoms with Crippen LogP contribution in [-0.2, 0) is 4.74 Å². The van der Waals surface area contributed by atoms with Crippen molar-refractivity contribution < 1.29 is 4.74 Å². The molecular formula is C13H28N2O. The fraction of sp³-hybridized carbons (Fsp3) is 1.00. The van der Waals surface area contributed by atoms with E-state index in [1.54, 1.807) is 0 Å². The van der Waals surface area contributed by atoms with E-state index in [2.05, 4.69) is 33.0 Å². The monoisotopic (exact) mass is 228 g/mol. The van der Waals surface area contributed by atoms with Gasteiger partial charge in [0.1, 0.15) is 0 Å². The lowest BCUT2D eigenvalue weighted by Gasteiger charge is -2.39. The van der Waals surface area contributed by atoms with Crippen molar-refractivity contribution in [2.24, 2.45) is 11.1 Å². The van der Waals surface area contributed by atoms with E-state index in [4.69, 9.17) is 10.5 Å². The minimum Gasteiger partial charge on any atom is -0.377 e. The molecule has 1 fully saturated rings. The van der Waals surface area contributed by atoms with Gasteiger partial charge in [0.15, 0.2) is 0 Å². The molecule has 1 unspecified atom stereocenters. The first-order chi connectivity index (χ1) is 7.33. The Morgan fingerprint density at radius 2 is 1.94 bits per heavy atom. The summed E-state index contributed by atoms with van der Waals surface area (Å²) in [5.74, 6) is 0. The standard InChI is InChI=1S/C13H28N2O/c1-12(2,13(3,4)14)10-15-9-11-7-5-6-8-16-11/h11,15H,5-10,14H2,1-4H3. The molecule has 0 bridgehead atoms. The molecule has 0 aromatic heterocycles. The van der Waals surface area contributed by atoms with Crippen molar-refractivity contribution in [3.8, 4) is 0 Å². The summed E-state index contributed by atoms with van der Waals surface area (Å²) in [5, 5.41) is 3.50. The molecule has 3 heteroatoms. The maximum Gasteiger partial charge on any atom is 0.0699 e. The molecule has 3 nitrogen and oxygen atoms in total. The smallest absolute Gasteiger partial charge is 0.0699 e. The highest BCUT2D eigenvalue weighted by atomic mass is 16.5. The van der Waals surface area contributed by atoms with Gasteiger partial charge in [0.25, 0.3) is 0 Å². The van der Waals surface area contributed by atoms with Gasteiger partial charge in [-0.1, -0.05) is 13.8 Å². The maximum atomic E-state index is 6.16. The van der Waals surface area contributed by atoms with Crippen LogP contribution in [0.4, 0.5) is 0 Å². The van der Waals surface area contributed by atoms with E-state index in [0.717, 1.165) is 19.7 Å². The molecule has 1 aliphatic rings. The summed E-state index contributed by atoms with van der Waals surface area (Å²) in [6.07, 6.45) is 4.13. The van der Waals surface area contributed by atoms with Crippen LogP contribution < -0.4 is 11.1 Å². The van der Waals surface area contributed by atoms with Gasteiger partial charge in [-0.3, -0.25) is 0 Å². The Hall–Kier alpha value is -0.120. The molecule has 0 spiro atoms. The molecule has 0 saturated carbocycles. The summed E-state index contributed by atoms with van der Waals surface area (Å²) in [6, 6.07) is 0. The van der Waals surface area contributed by atoms with Gasteiger partial charge in [0, 0.05) is 25.2 Å². The minimum atomic E-state index is -0.159. The molecule has 0 aromatic rings. The molecule has 1 aliphatic heterocycles. The van der Waals surface area contributed by atoms with Crippen LogP contribution in [0.1, 0.15) is 47.0 Å². The van der Waals surface area contributed by atoms with Gasteiger partial charge in [0.05, 0.1) is 6.10 Å². The fourth-order valence-corrected chi connectivity index (χ4v) is 1.74. The molecule has 3 N–H and O–H groups in total. The second-order valence-corrected chi connectivity index (χ2v) is 6.23. The molecule has 1 heterocycles. The average Bonchev–Trinajstić information content (AvgIpc) is 2.17. The van der Waals surface area contributed by atoms with E-state index in [-0.39, 0.29) is 11.0 Å². The molecular weight excluding hydrogens is 200 g/mol. The molecule has 96 valence electrons. The average molecular weight is 228 g/mol. The number of hydrogen-bond acceptors (Lipinski definition) is 3. The summed E-state index contributed by atoms with van der Waals surface area (Å²) in [7, 11) is 0. The Morgan fingerprint density at radius 3 is 2.44 bits per heavy atom. The zero-order chi connectivity index (χ0) is 12.2. The van der Waals surface area contributed by atoms with Crippen LogP contribution in [0.25, 0.3) is 0 Å². The molecule has 0 aliphatic carbocycles. The van der Waals surface area contributed by atoms with Crippen molar-refractivity contribution in [2.45, 2.75) is 58.6 Å². The second-order valence-electron chi connectivity index (χ2n) is 6.23. The summed E-state index contributed by atoms with van der Waals surface area (Å²) in [6.45, 7) is 11.4. The quantitative estimate of drug-likeness (QED) is 0.755. The highest BCUT2D eigenvalue weighted by Crippen LogP contribution is 2.27. The van der Waals surface area contributed by atoms with Gasteiger partial charge in [-0.25, -0.2) is 0 Å². The normalized spacial score (nSPS) is 23.4. The first kappa shape index (κ1) is 13.9. The highest BCUT2D eigenvalue weighted by molar-refractivity contribution is 4.91. The first-order valence-electron chi connectivity index (χ1n) is 6.44. The van der Waals surface area contributed by atoms with Crippen molar-refractivity contribution in [1.29, 1.82) is 0 Å². The number of nitrogens with two attached hydrogens (primary N) is 1. The second kappa shape index (κ2) is 5.48. The van der Waals surface area contributed by atoms with Gasteiger partial charge in [-0.05, 0) is 38.5 Å². The lowest BCUT2D eigenvalue weighted by Crippen LogP contribution is -2.53. The van der Waals surface area contributed by atoms with Crippen molar-refractivity contribution >= 4 is 0 Å². The van der Waals surface area contributed by atoms with Gasteiger partial charge in [0.2, 0.25) is 0 Å². The Morgan fingerprint density at radius 1 is 1.25 bits per heavy atom. The van der Waals surface area contributed by atoms with Gasteiger partial charge in [-0.15, -0.1) is 0 Å². The maximum absolute atomic E-state index is 6.16. The fourth-order valence-electron chi connectivity index (χ4n) is 1.74. The van der Waals surface area contributed by atoms with E-state index < -0.39 is 0 Å². The van der Waals surface area contributed by atoms with Gasteiger partial charge in [-0.2, -0.15) is 0 Å². The summed E-state index contributed by atoms with van der Waals surface area (Å²) in [5.41, 5.74) is 6.10. The summed E-state index contributed by atoms with van der Waals surface area (Å²) >= 11 is 0. The lowest BCUT2D eigenvalue weighted by molar-refractivity contribution is 0.0147. The van der Waals surface area contributed by atoms with Crippen molar-refractivity contribution in [1.82, 2.24) is 5.32 Å². The zero-order valence-electron chi connectivity index (χ0n) is 11.3. The van der Waals surface area contributed by atoms with Crippen LogP contribution in [0.15, 0.2) is 0 Å². The molecule has 1 atom stereocenters. The Labute approximate surface area is 100 Å². The number of nitrogens with one attached hydrogen (secondary N) is 1. The van der Waals surface area contributed by atoms with E-state index in [1.807, 2.05) is 0 Å². The zero-order valence-corrected chi connectivity index (χ0v) is 11.3. The van der Waals surface area contributed by atoms with Crippen LogP contribution in [-0.4, -0.2) is 31.3 Å². The highest BCUT2D eigenvalue weighted by Gasteiger charge is 2.33. The SMILES string of the molecule is CC(C)(N)C(C)(C)CNCC1CCCCO1. The molecule has 1 rings (SSSR count). The van der Waals surface area contributed by atoms with Crippen LogP contribution in [0.5, 0.6) is 0 Å². The summed E-state index contributed by atoms with van der Waals surface area (Å²) in [4.78, 5) is 0. The number of rotatable bonds is 5. The Bertz CT molecular complexity index is 202. The topological polar surface area (TPSA) is 47.3 Å². The van der Waals surface area contributed by atoms with Crippen molar-refractivity contribution in [3.63, 3.8) is 0 Å². The minimum absolute atomic E-state index is 0.0989. The van der Waals surface area contributed by atoms with Gasteiger partial charge < -0.3 is 15.8 Å². The third kappa shape index (κ3) is 4.04. The molecule has 1 saturated heterocycles. The summed E-state index contributed by atoms with van der Waals surface area (Å²) < 4.78 is 5.68. The third-order valence-electron chi connectivity index (χ3n) is 3.96. The lowest BCUT2D eigenvalue weighted by atomic mass is 9.75. The predicted molar refractivity (Wildman–Crippen MR) is 68.5 cm³/mol. The van der Waals surface area contributed by atoms with Crippen LogP contribution in [0.2, 0.25) is 0 Å². The van der Waals surface area contributed by atoms with E-state index in [9.17, 15) is 0 Å². The first-order valence-corrected chi connectivity index (χ1v) is 6.44. The molecule has 16 heavy (non-hydrogen) atoms. The molecule has 0 radical (unpaired) electrons. The van der Waals surface area contributed by atoms with Crippen LogP contribution >= 0.6 is 0 Å². The Kier molecular flexibility index (Phi) is 4.77. The van der Waals surface area contributed by atoms with Crippen molar-refractivity contribution in [3.05, 3.63) is 0 Å². The van der Waals surface area contributed by atoms with Crippen LogP contribution in [0, 0.1) is 5.41 Å².